The quantitative estimate of drug-likeness (QED) is 0.725. The molecule has 8 heteroatoms. The molecule has 1 aromatic rings. The number of hydrogen-bond acceptors (Lipinski definition) is 5. The number of rotatable bonds is 4. The Bertz CT molecular complexity index is 572. The third-order valence-corrected chi connectivity index (χ3v) is 2.51. The zero-order valence-corrected chi connectivity index (χ0v) is 10.7. The Morgan fingerprint density at radius 3 is 2.39 bits per heavy atom. The van der Waals surface area contributed by atoms with Crippen molar-refractivity contribution in [2.75, 3.05) is 11.4 Å². The maximum atomic E-state index is 11.9. The normalized spacial score (nSPS) is 10.7. The molecule has 1 aromatic heterocycles. The van der Waals surface area contributed by atoms with Crippen LogP contribution in [0.4, 0.5) is 5.82 Å². The molecule has 8 nitrogen and oxygen atoms in total. The van der Waals surface area contributed by atoms with Crippen LogP contribution in [-0.2, 0) is 18.9 Å². The van der Waals surface area contributed by atoms with Crippen molar-refractivity contribution in [1.82, 2.24) is 14.3 Å². The van der Waals surface area contributed by atoms with E-state index in [0.717, 1.165) is 9.25 Å². The van der Waals surface area contributed by atoms with Crippen LogP contribution < -0.4 is 16.1 Å². The van der Waals surface area contributed by atoms with Crippen molar-refractivity contribution in [3.63, 3.8) is 0 Å². The van der Waals surface area contributed by atoms with Crippen molar-refractivity contribution in [3.8, 4) is 0 Å². The Balaban J connectivity index is 3.43. The van der Waals surface area contributed by atoms with Gasteiger partial charge in [0.25, 0.3) is 5.56 Å². The maximum Gasteiger partial charge on any atom is 0.346 e. The standard InChI is InChI=1S/C10H16N4O4/c1-6(2)14(5-7(15)16)8-9(17)12(3)10(18)13(4)11-8/h6H,5H2,1-4H3,(H,15,16). The van der Waals surface area contributed by atoms with Crippen molar-refractivity contribution in [3.05, 3.63) is 20.8 Å². The molecule has 1 N–H and O–H groups in total. The molecule has 100 valence electrons. The van der Waals surface area contributed by atoms with Gasteiger partial charge in [0.1, 0.15) is 6.54 Å². The second kappa shape index (κ2) is 5.03. The minimum absolute atomic E-state index is 0.0444. The van der Waals surface area contributed by atoms with Crippen molar-refractivity contribution < 1.29 is 9.90 Å². The van der Waals surface area contributed by atoms with E-state index in [2.05, 4.69) is 5.10 Å². The van der Waals surface area contributed by atoms with Crippen LogP contribution in [0.15, 0.2) is 9.59 Å². The van der Waals surface area contributed by atoms with E-state index in [1.54, 1.807) is 13.8 Å². The van der Waals surface area contributed by atoms with Crippen LogP contribution in [0.3, 0.4) is 0 Å². The van der Waals surface area contributed by atoms with Gasteiger partial charge in [0, 0.05) is 20.1 Å². The summed E-state index contributed by atoms with van der Waals surface area (Å²) in [4.78, 5) is 35.5. The number of nitrogens with zero attached hydrogens (tertiary/aromatic N) is 4. The van der Waals surface area contributed by atoms with E-state index in [1.165, 1.54) is 19.0 Å². The highest BCUT2D eigenvalue weighted by Crippen LogP contribution is 2.06. The first kappa shape index (κ1) is 13.9. The third kappa shape index (κ3) is 2.58. The van der Waals surface area contributed by atoms with E-state index in [-0.39, 0.29) is 18.4 Å². The van der Waals surface area contributed by atoms with Crippen LogP contribution >= 0.6 is 0 Å². The summed E-state index contributed by atoms with van der Waals surface area (Å²) in [5.41, 5.74) is -1.16. The number of carbonyl (C=O) groups is 1. The third-order valence-electron chi connectivity index (χ3n) is 2.51. The molecule has 0 amide bonds. The van der Waals surface area contributed by atoms with Crippen LogP contribution in [0.25, 0.3) is 0 Å². The van der Waals surface area contributed by atoms with Gasteiger partial charge in [-0.2, -0.15) is 0 Å². The van der Waals surface area contributed by atoms with Gasteiger partial charge in [0.2, 0.25) is 5.82 Å². The average Bonchev–Trinajstić information content (AvgIpc) is 2.28. The number of aromatic nitrogens is 3. The first-order valence-electron chi connectivity index (χ1n) is 5.38. The lowest BCUT2D eigenvalue weighted by Gasteiger charge is -2.25. The summed E-state index contributed by atoms with van der Waals surface area (Å²) in [7, 11) is 2.74. The minimum atomic E-state index is -1.07. The number of aliphatic carboxylic acids is 1. The lowest BCUT2D eigenvalue weighted by atomic mass is 10.3. The topological polar surface area (TPSA) is 97.4 Å². The SMILES string of the molecule is CC(C)N(CC(=O)O)c1nn(C)c(=O)n(C)c1=O. The maximum absolute atomic E-state index is 11.9. The van der Waals surface area contributed by atoms with E-state index in [0.29, 0.717) is 0 Å². The van der Waals surface area contributed by atoms with E-state index in [9.17, 15) is 14.4 Å². The first-order valence-corrected chi connectivity index (χ1v) is 5.38. The van der Waals surface area contributed by atoms with E-state index in [1.807, 2.05) is 0 Å². The Morgan fingerprint density at radius 2 is 1.94 bits per heavy atom. The van der Waals surface area contributed by atoms with Crippen LogP contribution in [0, 0.1) is 0 Å². The van der Waals surface area contributed by atoms with Crippen LogP contribution in [0.5, 0.6) is 0 Å². The van der Waals surface area contributed by atoms with Crippen molar-refractivity contribution in [1.29, 1.82) is 0 Å². The molecule has 1 heterocycles. The smallest absolute Gasteiger partial charge is 0.346 e. The second-order valence-corrected chi connectivity index (χ2v) is 4.21. The number of hydrogen-bond donors (Lipinski definition) is 1. The van der Waals surface area contributed by atoms with Gasteiger partial charge in [-0.3, -0.25) is 14.2 Å². The molecular weight excluding hydrogens is 240 g/mol. The van der Waals surface area contributed by atoms with Crippen molar-refractivity contribution in [2.24, 2.45) is 14.1 Å². The molecule has 0 saturated carbocycles. The van der Waals surface area contributed by atoms with Gasteiger partial charge < -0.3 is 10.0 Å². The predicted molar refractivity (Wildman–Crippen MR) is 64.8 cm³/mol. The largest absolute Gasteiger partial charge is 0.480 e. The fraction of sp³-hybridized carbons (Fsp3) is 0.600. The van der Waals surface area contributed by atoms with Gasteiger partial charge in [-0.15, -0.1) is 5.10 Å². The van der Waals surface area contributed by atoms with Gasteiger partial charge in [-0.25, -0.2) is 9.48 Å². The summed E-state index contributed by atoms with van der Waals surface area (Å²) in [6.07, 6.45) is 0. The van der Waals surface area contributed by atoms with E-state index >= 15 is 0 Å². The lowest BCUT2D eigenvalue weighted by molar-refractivity contribution is -0.135. The summed E-state index contributed by atoms with van der Waals surface area (Å²) in [5, 5.41) is 12.7. The summed E-state index contributed by atoms with van der Waals surface area (Å²) in [5.74, 6) is -1.11. The van der Waals surface area contributed by atoms with Gasteiger partial charge in [-0.1, -0.05) is 0 Å². The van der Waals surface area contributed by atoms with E-state index in [4.69, 9.17) is 5.11 Å². The molecule has 0 radical (unpaired) electrons. The zero-order valence-electron chi connectivity index (χ0n) is 10.7. The highest BCUT2D eigenvalue weighted by Gasteiger charge is 2.21. The number of carboxylic acids is 1. The lowest BCUT2D eigenvalue weighted by Crippen LogP contribution is -2.46. The van der Waals surface area contributed by atoms with Gasteiger partial charge >= 0.3 is 11.7 Å². The van der Waals surface area contributed by atoms with Gasteiger partial charge in [-0.05, 0) is 13.8 Å². The van der Waals surface area contributed by atoms with Crippen LogP contribution in [-0.4, -0.2) is 38.0 Å². The van der Waals surface area contributed by atoms with Crippen molar-refractivity contribution in [2.45, 2.75) is 19.9 Å². The molecular formula is C10H16N4O4. The Labute approximate surface area is 103 Å². The van der Waals surface area contributed by atoms with Crippen LogP contribution in [0.1, 0.15) is 13.8 Å². The average molecular weight is 256 g/mol. The molecule has 0 fully saturated rings. The first-order chi connectivity index (χ1) is 8.25. The molecule has 0 spiro atoms. The number of carboxylic acid groups (broad SMARTS) is 1. The van der Waals surface area contributed by atoms with Crippen LogP contribution in [0.2, 0.25) is 0 Å². The van der Waals surface area contributed by atoms with E-state index < -0.39 is 17.2 Å². The molecule has 0 aliphatic heterocycles. The monoisotopic (exact) mass is 256 g/mol. The fourth-order valence-electron chi connectivity index (χ4n) is 1.51. The zero-order chi connectivity index (χ0) is 14.0. The predicted octanol–water partition coefficient (Wildman–Crippen LogP) is -1.22. The highest BCUT2D eigenvalue weighted by atomic mass is 16.4. The number of anilines is 1. The van der Waals surface area contributed by atoms with Gasteiger partial charge in [0.15, 0.2) is 0 Å². The Kier molecular flexibility index (Phi) is 3.89. The Hall–Kier alpha value is -2.12. The number of aryl methyl sites for hydroxylation is 1. The molecule has 0 aromatic carbocycles. The molecule has 0 saturated heterocycles. The Morgan fingerprint density at radius 1 is 1.39 bits per heavy atom. The molecule has 0 bridgehead atoms. The molecule has 18 heavy (non-hydrogen) atoms. The summed E-state index contributed by atoms with van der Waals surface area (Å²) < 4.78 is 1.91. The van der Waals surface area contributed by atoms with Crippen molar-refractivity contribution >= 4 is 11.8 Å². The minimum Gasteiger partial charge on any atom is -0.480 e. The molecule has 0 aliphatic rings. The molecule has 1 rings (SSSR count). The second-order valence-electron chi connectivity index (χ2n) is 4.21. The molecule has 0 unspecified atom stereocenters. The fourth-order valence-corrected chi connectivity index (χ4v) is 1.51. The summed E-state index contributed by atoms with van der Waals surface area (Å²) in [6.45, 7) is 3.14. The molecule has 0 aliphatic carbocycles. The highest BCUT2D eigenvalue weighted by molar-refractivity contribution is 5.73. The summed E-state index contributed by atoms with van der Waals surface area (Å²) in [6, 6.07) is -0.223. The van der Waals surface area contributed by atoms with Gasteiger partial charge in [0.05, 0.1) is 0 Å². The summed E-state index contributed by atoms with van der Waals surface area (Å²) >= 11 is 0. The molecule has 0 atom stereocenters.